The molecule has 0 unspecified atom stereocenters. The van der Waals surface area contributed by atoms with Crippen LogP contribution in [0, 0.1) is 5.82 Å². The molecule has 0 atom stereocenters. The summed E-state index contributed by atoms with van der Waals surface area (Å²) in [5.74, 6) is 0.142. The monoisotopic (exact) mass is 406 g/mol. The van der Waals surface area contributed by atoms with Gasteiger partial charge in [-0.25, -0.2) is 14.2 Å². The minimum absolute atomic E-state index is 0.0701. The van der Waals surface area contributed by atoms with Crippen LogP contribution < -0.4 is 9.47 Å². The maximum atomic E-state index is 13.7. The molecule has 6 nitrogen and oxygen atoms in total. The Balaban J connectivity index is 1.59. The van der Waals surface area contributed by atoms with Gasteiger partial charge in [0.15, 0.2) is 0 Å². The van der Waals surface area contributed by atoms with Crippen LogP contribution in [0.15, 0.2) is 67.0 Å². The van der Waals surface area contributed by atoms with Crippen molar-refractivity contribution in [3.8, 4) is 17.2 Å². The Morgan fingerprint density at radius 1 is 1.03 bits per heavy atom. The summed E-state index contributed by atoms with van der Waals surface area (Å²) in [7, 11) is 2.89. The van der Waals surface area contributed by atoms with Crippen molar-refractivity contribution in [3.63, 3.8) is 0 Å². The molecule has 0 spiro atoms. The van der Waals surface area contributed by atoms with Gasteiger partial charge in [0.25, 0.3) is 0 Å². The summed E-state index contributed by atoms with van der Waals surface area (Å²) in [5, 5.41) is 0.858. The highest BCUT2D eigenvalue weighted by Crippen LogP contribution is 2.29. The molecule has 0 aliphatic carbocycles. The van der Waals surface area contributed by atoms with E-state index in [-0.39, 0.29) is 11.3 Å². The third kappa shape index (κ3) is 3.96. The summed E-state index contributed by atoms with van der Waals surface area (Å²) in [5.41, 5.74) is 2.03. The van der Waals surface area contributed by atoms with Gasteiger partial charge in [0, 0.05) is 24.2 Å². The lowest BCUT2D eigenvalue weighted by atomic mass is 10.2. The molecule has 0 bridgehead atoms. The number of hydrogen-bond donors (Lipinski definition) is 0. The molecule has 152 valence electrons. The number of methoxy groups -OCH3 is 2. The second-order valence-corrected chi connectivity index (χ2v) is 6.61. The molecule has 2 heterocycles. The van der Waals surface area contributed by atoms with E-state index in [2.05, 4.69) is 4.98 Å². The van der Waals surface area contributed by atoms with Crippen LogP contribution >= 0.6 is 0 Å². The largest absolute Gasteiger partial charge is 0.497 e. The molecule has 0 fully saturated rings. The standard InChI is InChI=1S/C23H19FN2O4/c1-28-18-6-3-15(4-7-18)14-26-10-9-16-11-19(13-25-22(16)26)30-21-12-17(24)5-8-20(21)23(27)29-2/h3-13H,14H2,1-2H3. The van der Waals surface area contributed by atoms with Gasteiger partial charge < -0.3 is 18.8 Å². The zero-order chi connectivity index (χ0) is 21.1. The van der Waals surface area contributed by atoms with E-state index in [0.29, 0.717) is 12.3 Å². The third-order valence-electron chi connectivity index (χ3n) is 4.66. The fourth-order valence-electron chi connectivity index (χ4n) is 3.16. The molecule has 0 saturated carbocycles. The van der Waals surface area contributed by atoms with Crippen LogP contribution in [0.25, 0.3) is 11.0 Å². The van der Waals surface area contributed by atoms with E-state index >= 15 is 0 Å². The highest BCUT2D eigenvalue weighted by molar-refractivity contribution is 5.92. The first kappa shape index (κ1) is 19.4. The van der Waals surface area contributed by atoms with Crippen LogP contribution in [0.1, 0.15) is 15.9 Å². The number of benzene rings is 2. The number of nitrogens with zero attached hydrogens (tertiary/aromatic N) is 2. The zero-order valence-corrected chi connectivity index (χ0v) is 16.5. The molecule has 0 saturated heterocycles. The van der Waals surface area contributed by atoms with Gasteiger partial charge >= 0.3 is 5.97 Å². The van der Waals surface area contributed by atoms with Crippen molar-refractivity contribution >= 4 is 17.0 Å². The van der Waals surface area contributed by atoms with Crippen LogP contribution in [0.4, 0.5) is 4.39 Å². The Labute approximate surface area is 172 Å². The summed E-state index contributed by atoms with van der Waals surface area (Å²) in [4.78, 5) is 16.4. The SMILES string of the molecule is COC(=O)c1ccc(F)cc1Oc1cnc2c(ccn2Cc2ccc(OC)cc2)c1. The summed E-state index contributed by atoms with van der Waals surface area (Å²) in [6.07, 6.45) is 3.48. The Bertz CT molecular complexity index is 1200. The van der Waals surface area contributed by atoms with Crippen molar-refractivity contribution in [2.75, 3.05) is 14.2 Å². The smallest absolute Gasteiger partial charge is 0.341 e. The average molecular weight is 406 g/mol. The predicted octanol–water partition coefficient (Wildman–Crippen LogP) is 4.81. The van der Waals surface area contributed by atoms with Crippen molar-refractivity contribution < 1.29 is 23.4 Å². The van der Waals surface area contributed by atoms with Gasteiger partial charge in [0.2, 0.25) is 0 Å². The number of carbonyl (C=O) groups is 1. The van der Waals surface area contributed by atoms with E-state index in [9.17, 15) is 9.18 Å². The lowest BCUT2D eigenvalue weighted by Crippen LogP contribution is -2.04. The summed E-state index contributed by atoms with van der Waals surface area (Å²) < 4.78 is 31.4. The second-order valence-electron chi connectivity index (χ2n) is 6.61. The predicted molar refractivity (Wildman–Crippen MR) is 110 cm³/mol. The van der Waals surface area contributed by atoms with E-state index < -0.39 is 11.8 Å². The molecule has 7 heteroatoms. The minimum atomic E-state index is -0.607. The van der Waals surface area contributed by atoms with Crippen LogP contribution in [-0.2, 0) is 11.3 Å². The highest BCUT2D eigenvalue weighted by atomic mass is 19.1. The lowest BCUT2D eigenvalue weighted by Gasteiger charge is -2.10. The fraction of sp³-hybridized carbons (Fsp3) is 0.130. The maximum Gasteiger partial charge on any atom is 0.341 e. The van der Waals surface area contributed by atoms with Crippen molar-refractivity contribution in [1.82, 2.24) is 9.55 Å². The van der Waals surface area contributed by atoms with Crippen LogP contribution in [0.5, 0.6) is 17.2 Å². The summed E-state index contributed by atoms with van der Waals surface area (Å²) >= 11 is 0. The normalized spacial score (nSPS) is 10.8. The number of carbonyl (C=O) groups excluding carboxylic acids is 1. The Hall–Kier alpha value is -3.87. The molecule has 0 N–H and O–H groups in total. The molecule has 0 aliphatic heterocycles. The fourth-order valence-corrected chi connectivity index (χ4v) is 3.16. The lowest BCUT2D eigenvalue weighted by molar-refractivity contribution is 0.0598. The van der Waals surface area contributed by atoms with E-state index in [0.717, 1.165) is 28.4 Å². The van der Waals surface area contributed by atoms with Crippen LogP contribution in [0.3, 0.4) is 0 Å². The first-order chi connectivity index (χ1) is 14.6. The van der Waals surface area contributed by atoms with E-state index in [1.54, 1.807) is 19.4 Å². The van der Waals surface area contributed by atoms with E-state index in [1.165, 1.54) is 19.2 Å². The van der Waals surface area contributed by atoms with Crippen LogP contribution in [-0.4, -0.2) is 29.7 Å². The number of hydrogen-bond acceptors (Lipinski definition) is 5. The average Bonchev–Trinajstić information content (AvgIpc) is 3.16. The molecule has 0 radical (unpaired) electrons. The number of rotatable bonds is 6. The Morgan fingerprint density at radius 2 is 1.83 bits per heavy atom. The van der Waals surface area contributed by atoms with Gasteiger partial charge in [-0.05, 0) is 42.0 Å². The number of aromatic nitrogens is 2. The second kappa shape index (κ2) is 8.24. The third-order valence-corrected chi connectivity index (χ3v) is 4.66. The summed E-state index contributed by atoms with van der Waals surface area (Å²) in [6.45, 7) is 0.650. The summed E-state index contributed by atoms with van der Waals surface area (Å²) in [6, 6.07) is 15.2. The first-order valence-corrected chi connectivity index (χ1v) is 9.21. The van der Waals surface area contributed by atoms with Gasteiger partial charge in [-0.3, -0.25) is 0 Å². The molecule has 0 aliphatic rings. The number of fused-ring (bicyclic) bond motifs is 1. The van der Waals surface area contributed by atoms with Gasteiger partial charge in [0.1, 0.15) is 34.3 Å². The van der Waals surface area contributed by atoms with Gasteiger partial charge in [-0.1, -0.05) is 12.1 Å². The molecule has 2 aromatic carbocycles. The van der Waals surface area contributed by atoms with E-state index in [1.807, 2.05) is 41.1 Å². The molecule has 0 amide bonds. The van der Waals surface area contributed by atoms with Gasteiger partial charge in [0.05, 0.1) is 20.4 Å². The van der Waals surface area contributed by atoms with Crippen molar-refractivity contribution in [2.24, 2.45) is 0 Å². The topological polar surface area (TPSA) is 62.6 Å². The van der Waals surface area contributed by atoms with Gasteiger partial charge in [-0.15, -0.1) is 0 Å². The minimum Gasteiger partial charge on any atom is -0.497 e. The molecule has 4 rings (SSSR count). The molecule has 2 aromatic heterocycles. The highest BCUT2D eigenvalue weighted by Gasteiger charge is 2.15. The molecule has 30 heavy (non-hydrogen) atoms. The van der Waals surface area contributed by atoms with Crippen molar-refractivity contribution in [2.45, 2.75) is 6.54 Å². The Morgan fingerprint density at radius 3 is 2.57 bits per heavy atom. The maximum absolute atomic E-state index is 13.7. The number of esters is 1. The molecular weight excluding hydrogens is 387 g/mol. The molecule has 4 aromatic rings. The van der Waals surface area contributed by atoms with E-state index in [4.69, 9.17) is 14.2 Å². The number of halogens is 1. The molecular formula is C23H19FN2O4. The van der Waals surface area contributed by atoms with Gasteiger partial charge in [-0.2, -0.15) is 0 Å². The number of pyridine rings is 1. The number of ether oxygens (including phenoxy) is 3. The zero-order valence-electron chi connectivity index (χ0n) is 16.5. The first-order valence-electron chi connectivity index (χ1n) is 9.21. The quantitative estimate of drug-likeness (QED) is 0.430. The van der Waals surface area contributed by atoms with Crippen molar-refractivity contribution in [3.05, 3.63) is 83.9 Å². The Kier molecular flexibility index (Phi) is 5.34. The van der Waals surface area contributed by atoms with Crippen molar-refractivity contribution in [1.29, 1.82) is 0 Å². The van der Waals surface area contributed by atoms with Crippen LogP contribution in [0.2, 0.25) is 0 Å².